The molecule has 1 aromatic heterocycles. The zero-order valence-electron chi connectivity index (χ0n) is 11.4. The fourth-order valence-electron chi connectivity index (χ4n) is 1.76. The Labute approximate surface area is 130 Å². The minimum absolute atomic E-state index is 0.0190. The maximum Gasteiger partial charge on any atom is 0.307 e. The van der Waals surface area contributed by atoms with Crippen LogP contribution in [0.3, 0.4) is 0 Å². The third kappa shape index (κ3) is 3.92. The van der Waals surface area contributed by atoms with Crippen molar-refractivity contribution >= 4 is 26.0 Å². The van der Waals surface area contributed by atoms with Gasteiger partial charge in [-0.3, -0.25) is 9.36 Å². The molecule has 1 heterocycles. The Morgan fingerprint density at radius 3 is 2.48 bits per heavy atom. The van der Waals surface area contributed by atoms with E-state index in [1.807, 2.05) is 30.3 Å². The number of rotatable bonds is 4. The first-order valence-corrected chi connectivity index (χ1v) is 8.59. The van der Waals surface area contributed by atoms with Crippen LogP contribution in [0, 0.1) is 6.92 Å². The highest BCUT2D eigenvalue weighted by Gasteiger charge is 2.17. The minimum Gasteiger partial charge on any atom is -0.360 e. The Hall–Kier alpha value is -1.67. The molecule has 2 rings (SSSR count). The standard InChI is InChI=1S/C13H13BrN2O4S/c1-9-15-12(20-21(2,18)19)11(14)13(17)16(9)8-10-6-4-3-5-7-10/h3-7H,8H2,1-2H3. The van der Waals surface area contributed by atoms with Crippen LogP contribution in [0.5, 0.6) is 5.88 Å². The van der Waals surface area contributed by atoms with Gasteiger partial charge in [-0.15, -0.1) is 0 Å². The van der Waals surface area contributed by atoms with Gasteiger partial charge in [0.25, 0.3) is 11.4 Å². The van der Waals surface area contributed by atoms with E-state index in [9.17, 15) is 13.2 Å². The minimum atomic E-state index is -3.75. The second-order valence-corrected chi connectivity index (χ2v) is 6.81. The summed E-state index contributed by atoms with van der Waals surface area (Å²) in [5, 5.41) is 0. The van der Waals surface area contributed by atoms with E-state index in [1.54, 1.807) is 6.92 Å². The highest BCUT2D eigenvalue weighted by atomic mass is 79.9. The maximum absolute atomic E-state index is 12.3. The molecule has 0 spiro atoms. The lowest BCUT2D eigenvalue weighted by atomic mass is 10.2. The maximum atomic E-state index is 12.3. The van der Waals surface area contributed by atoms with Gasteiger partial charge in [-0.2, -0.15) is 13.4 Å². The van der Waals surface area contributed by atoms with Gasteiger partial charge in [0.1, 0.15) is 10.3 Å². The number of aryl methyl sites for hydroxylation is 1. The summed E-state index contributed by atoms with van der Waals surface area (Å²) in [4.78, 5) is 16.3. The normalized spacial score (nSPS) is 11.4. The summed E-state index contributed by atoms with van der Waals surface area (Å²) in [5.41, 5.74) is 0.540. The summed E-state index contributed by atoms with van der Waals surface area (Å²) < 4.78 is 28.4. The molecular formula is C13H13BrN2O4S. The monoisotopic (exact) mass is 372 g/mol. The van der Waals surface area contributed by atoms with Gasteiger partial charge in [0.2, 0.25) is 0 Å². The summed E-state index contributed by atoms with van der Waals surface area (Å²) in [7, 11) is -3.75. The summed E-state index contributed by atoms with van der Waals surface area (Å²) in [6, 6.07) is 9.41. The highest BCUT2D eigenvalue weighted by molar-refractivity contribution is 9.10. The second-order valence-electron chi connectivity index (χ2n) is 4.44. The van der Waals surface area contributed by atoms with E-state index in [-0.39, 0.29) is 10.4 Å². The van der Waals surface area contributed by atoms with Gasteiger partial charge in [-0.25, -0.2) is 0 Å². The third-order valence-electron chi connectivity index (χ3n) is 2.69. The fourth-order valence-corrected chi connectivity index (χ4v) is 2.66. The quantitative estimate of drug-likeness (QED) is 0.763. The van der Waals surface area contributed by atoms with Crippen molar-refractivity contribution in [2.24, 2.45) is 0 Å². The smallest absolute Gasteiger partial charge is 0.307 e. The van der Waals surface area contributed by atoms with Crippen LogP contribution in [0.15, 0.2) is 39.6 Å². The molecule has 2 aromatic rings. The van der Waals surface area contributed by atoms with Crippen molar-refractivity contribution < 1.29 is 12.6 Å². The predicted octanol–water partition coefficient (Wildman–Crippen LogP) is 1.70. The lowest BCUT2D eigenvalue weighted by Gasteiger charge is -2.12. The number of halogens is 1. The summed E-state index contributed by atoms with van der Waals surface area (Å²) >= 11 is 3.05. The summed E-state index contributed by atoms with van der Waals surface area (Å²) in [6.45, 7) is 1.96. The molecule has 112 valence electrons. The van der Waals surface area contributed by atoms with Gasteiger partial charge in [0.15, 0.2) is 0 Å². The number of benzene rings is 1. The number of hydrogen-bond donors (Lipinski definition) is 0. The first-order valence-electron chi connectivity index (χ1n) is 5.98. The lowest BCUT2D eigenvalue weighted by molar-refractivity contribution is 0.474. The number of aromatic nitrogens is 2. The Morgan fingerprint density at radius 2 is 1.90 bits per heavy atom. The Kier molecular flexibility index (Phi) is 4.48. The number of hydrogen-bond acceptors (Lipinski definition) is 5. The average Bonchev–Trinajstić information content (AvgIpc) is 2.40. The molecule has 0 atom stereocenters. The van der Waals surface area contributed by atoms with Crippen LogP contribution >= 0.6 is 15.9 Å². The van der Waals surface area contributed by atoms with E-state index in [0.29, 0.717) is 12.4 Å². The molecule has 8 heteroatoms. The average molecular weight is 373 g/mol. The second kappa shape index (κ2) is 5.98. The summed E-state index contributed by atoms with van der Waals surface area (Å²) in [6.07, 6.45) is 0.895. The molecule has 6 nitrogen and oxygen atoms in total. The molecule has 0 amide bonds. The molecule has 0 saturated carbocycles. The van der Waals surface area contributed by atoms with Crippen LogP contribution < -0.4 is 9.74 Å². The van der Waals surface area contributed by atoms with Crippen molar-refractivity contribution in [3.05, 3.63) is 56.5 Å². The molecule has 0 unspecified atom stereocenters. The Morgan fingerprint density at radius 1 is 1.29 bits per heavy atom. The zero-order valence-corrected chi connectivity index (χ0v) is 13.8. The van der Waals surface area contributed by atoms with Crippen molar-refractivity contribution in [2.75, 3.05) is 6.26 Å². The molecule has 0 saturated heterocycles. The molecular weight excluding hydrogens is 360 g/mol. The van der Waals surface area contributed by atoms with Crippen molar-refractivity contribution in [3.63, 3.8) is 0 Å². The van der Waals surface area contributed by atoms with E-state index in [4.69, 9.17) is 4.18 Å². The van der Waals surface area contributed by atoms with Gasteiger partial charge in [0.05, 0.1) is 12.8 Å². The third-order valence-corrected chi connectivity index (χ3v) is 3.83. The lowest BCUT2D eigenvalue weighted by Crippen LogP contribution is -2.26. The fraction of sp³-hybridized carbons (Fsp3) is 0.231. The van der Waals surface area contributed by atoms with Crippen molar-refractivity contribution in [1.29, 1.82) is 0 Å². The van der Waals surface area contributed by atoms with Gasteiger partial charge in [-0.05, 0) is 28.4 Å². The largest absolute Gasteiger partial charge is 0.360 e. The highest BCUT2D eigenvalue weighted by Crippen LogP contribution is 2.20. The number of nitrogens with zero attached hydrogens (tertiary/aromatic N) is 2. The molecule has 0 radical (unpaired) electrons. The van der Waals surface area contributed by atoms with Gasteiger partial charge in [0, 0.05) is 0 Å². The van der Waals surface area contributed by atoms with Gasteiger partial charge in [-0.1, -0.05) is 30.3 Å². The van der Waals surface area contributed by atoms with E-state index >= 15 is 0 Å². The topological polar surface area (TPSA) is 78.3 Å². The molecule has 0 fully saturated rings. The predicted molar refractivity (Wildman–Crippen MR) is 81.9 cm³/mol. The Bertz CT molecular complexity index is 816. The first-order chi connectivity index (χ1) is 9.78. The van der Waals surface area contributed by atoms with E-state index in [1.165, 1.54) is 4.57 Å². The molecule has 0 bridgehead atoms. The zero-order chi connectivity index (χ0) is 15.6. The molecule has 1 aromatic carbocycles. The van der Waals surface area contributed by atoms with E-state index < -0.39 is 15.7 Å². The SMILES string of the molecule is Cc1nc(OS(C)(=O)=O)c(Br)c(=O)n1Cc1ccccc1. The van der Waals surface area contributed by atoms with Crippen LogP contribution in [0.2, 0.25) is 0 Å². The molecule has 0 aliphatic carbocycles. The van der Waals surface area contributed by atoms with Crippen LogP contribution in [-0.2, 0) is 16.7 Å². The van der Waals surface area contributed by atoms with Crippen molar-refractivity contribution in [2.45, 2.75) is 13.5 Å². The van der Waals surface area contributed by atoms with E-state index in [0.717, 1.165) is 11.8 Å². The molecule has 21 heavy (non-hydrogen) atoms. The van der Waals surface area contributed by atoms with Crippen molar-refractivity contribution in [3.8, 4) is 5.88 Å². The molecule has 0 aliphatic heterocycles. The van der Waals surface area contributed by atoms with Gasteiger partial charge < -0.3 is 4.18 Å². The molecule has 0 aliphatic rings. The first kappa shape index (κ1) is 15.7. The van der Waals surface area contributed by atoms with Crippen LogP contribution in [0.25, 0.3) is 0 Å². The molecule has 0 N–H and O–H groups in total. The van der Waals surface area contributed by atoms with Crippen LogP contribution in [-0.4, -0.2) is 24.2 Å². The summed E-state index contributed by atoms with van der Waals surface area (Å²) in [5.74, 6) is 0.120. The van der Waals surface area contributed by atoms with Crippen LogP contribution in [0.4, 0.5) is 0 Å². The van der Waals surface area contributed by atoms with E-state index in [2.05, 4.69) is 20.9 Å². The Balaban J connectivity index is 2.46. The van der Waals surface area contributed by atoms with Crippen molar-refractivity contribution in [1.82, 2.24) is 9.55 Å². The van der Waals surface area contributed by atoms with Crippen LogP contribution in [0.1, 0.15) is 11.4 Å². The van der Waals surface area contributed by atoms with Gasteiger partial charge >= 0.3 is 10.1 Å².